The monoisotopic (exact) mass is 233 g/mol. The van der Waals surface area contributed by atoms with Gasteiger partial charge in [0.2, 0.25) is 0 Å². The van der Waals surface area contributed by atoms with Crippen molar-refractivity contribution in [3.8, 4) is 0 Å². The van der Waals surface area contributed by atoms with Crippen molar-refractivity contribution in [3.63, 3.8) is 0 Å². The number of aryl methyl sites for hydroxylation is 1. The Hall–Kier alpha value is -0.900. The lowest BCUT2D eigenvalue weighted by atomic mass is 9.94. The third-order valence-electron chi connectivity index (χ3n) is 3.36. The molecule has 2 rings (SSSR count). The first kappa shape index (κ1) is 12.6. The molecule has 1 aliphatic heterocycles. The van der Waals surface area contributed by atoms with Gasteiger partial charge >= 0.3 is 0 Å². The zero-order valence-electron chi connectivity index (χ0n) is 10.8. The quantitative estimate of drug-likeness (QED) is 0.678. The van der Waals surface area contributed by atoms with Gasteiger partial charge in [-0.2, -0.15) is 0 Å². The van der Waals surface area contributed by atoms with E-state index >= 15 is 0 Å². The highest BCUT2D eigenvalue weighted by atomic mass is 15.4. The van der Waals surface area contributed by atoms with Crippen LogP contribution in [0.25, 0.3) is 0 Å². The molecule has 1 aliphatic rings. The summed E-state index contributed by atoms with van der Waals surface area (Å²) in [6.45, 7) is 7.55. The molecule has 17 heavy (non-hydrogen) atoms. The minimum Gasteiger partial charge on any atom is -0.316 e. The Bertz CT molecular complexity index is 334. The summed E-state index contributed by atoms with van der Waals surface area (Å²) in [7, 11) is 0. The molecule has 3 heteroatoms. The van der Waals surface area contributed by atoms with E-state index in [4.69, 9.17) is 0 Å². The molecule has 1 saturated heterocycles. The number of hydrogen-bond donors (Lipinski definition) is 3. The number of nitrogens with one attached hydrogen (secondary N) is 3. The Morgan fingerprint density at radius 2 is 2.06 bits per heavy atom. The summed E-state index contributed by atoms with van der Waals surface area (Å²) < 4.78 is 0. The Kier molecular flexibility index (Phi) is 4.54. The van der Waals surface area contributed by atoms with Crippen LogP contribution in [0.15, 0.2) is 24.3 Å². The fourth-order valence-electron chi connectivity index (χ4n) is 2.32. The minimum atomic E-state index is 0.431. The van der Waals surface area contributed by atoms with E-state index < -0.39 is 0 Å². The Balaban J connectivity index is 1.96. The van der Waals surface area contributed by atoms with Crippen LogP contribution in [0, 0.1) is 12.8 Å². The average Bonchev–Trinajstić information content (AvgIpc) is 2.79. The molecule has 94 valence electrons. The Morgan fingerprint density at radius 1 is 1.29 bits per heavy atom. The van der Waals surface area contributed by atoms with Gasteiger partial charge in [0.1, 0.15) is 0 Å². The molecule has 0 aliphatic carbocycles. The van der Waals surface area contributed by atoms with Crippen LogP contribution in [0.2, 0.25) is 0 Å². The van der Waals surface area contributed by atoms with Gasteiger partial charge in [0.15, 0.2) is 0 Å². The second kappa shape index (κ2) is 6.15. The molecule has 2 unspecified atom stereocenters. The molecule has 1 aromatic carbocycles. The number of hydrogen-bond acceptors (Lipinski definition) is 3. The van der Waals surface area contributed by atoms with Crippen LogP contribution in [0.5, 0.6) is 0 Å². The molecule has 0 bridgehead atoms. The van der Waals surface area contributed by atoms with Crippen LogP contribution < -0.4 is 16.2 Å². The van der Waals surface area contributed by atoms with Crippen LogP contribution in [0.4, 0.5) is 0 Å². The second-order valence-electron chi connectivity index (χ2n) is 4.88. The first-order chi connectivity index (χ1) is 8.31. The van der Waals surface area contributed by atoms with Crippen LogP contribution in [0.1, 0.15) is 30.5 Å². The van der Waals surface area contributed by atoms with E-state index in [1.54, 1.807) is 0 Å². The molecule has 1 aromatic rings. The van der Waals surface area contributed by atoms with Gasteiger partial charge in [-0.25, -0.2) is 5.43 Å². The maximum absolute atomic E-state index is 3.51. The zero-order valence-corrected chi connectivity index (χ0v) is 10.8. The summed E-state index contributed by atoms with van der Waals surface area (Å²) in [5, 5.41) is 3.51. The first-order valence-electron chi connectivity index (χ1n) is 6.57. The molecule has 0 aromatic heterocycles. The standard InChI is InChI=1S/C14H23N3/c1-3-8-15-9-13-10-16-17-14(13)12-6-4-11(2)5-7-12/h4-7,13-17H,3,8-10H2,1-2H3. The lowest BCUT2D eigenvalue weighted by Crippen LogP contribution is -2.29. The van der Waals surface area contributed by atoms with Gasteiger partial charge in [-0.05, 0) is 25.5 Å². The molecule has 0 saturated carbocycles. The fourth-order valence-corrected chi connectivity index (χ4v) is 2.32. The van der Waals surface area contributed by atoms with Gasteiger partial charge in [0.25, 0.3) is 0 Å². The minimum absolute atomic E-state index is 0.431. The van der Waals surface area contributed by atoms with Gasteiger partial charge < -0.3 is 5.32 Å². The van der Waals surface area contributed by atoms with Crippen molar-refractivity contribution in [3.05, 3.63) is 35.4 Å². The lowest BCUT2D eigenvalue weighted by molar-refractivity contribution is 0.442. The third kappa shape index (κ3) is 3.28. The second-order valence-corrected chi connectivity index (χ2v) is 4.88. The summed E-state index contributed by atoms with van der Waals surface area (Å²) in [5.41, 5.74) is 9.35. The predicted molar refractivity (Wildman–Crippen MR) is 71.7 cm³/mol. The van der Waals surface area contributed by atoms with E-state index in [2.05, 4.69) is 54.3 Å². The summed E-state index contributed by atoms with van der Waals surface area (Å²) in [4.78, 5) is 0. The van der Waals surface area contributed by atoms with E-state index in [0.717, 1.165) is 19.6 Å². The van der Waals surface area contributed by atoms with Crippen molar-refractivity contribution in [2.24, 2.45) is 5.92 Å². The van der Waals surface area contributed by atoms with Crippen molar-refractivity contribution in [1.82, 2.24) is 16.2 Å². The van der Waals surface area contributed by atoms with Crippen LogP contribution in [0.3, 0.4) is 0 Å². The van der Waals surface area contributed by atoms with Gasteiger partial charge in [-0.3, -0.25) is 5.43 Å². The smallest absolute Gasteiger partial charge is 0.0515 e. The summed E-state index contributed by atoms with van der Waals surface area (Å²) >= 11 is 0. The molecule has 0 amide bonds. The van der Waals surface area contributed by atoms with E-state index in [0.29, 0.717) is 12.0 Å². The highest BCUT2D eigenvalue weighted by Crippen LogP contribution is 2.24. The third-order valence-corrected chi connectivity index (χ3v) is 3.36. The summed E-state index contributed by atoms with van der Waals surface area (Å²) in [6.07, 6.45) is 1.20. The Morgan fingerprint density at radius 3 is 2.76 bits per heavy atom. The molecular formula is C14H23N3. The fraction of sp³-hybridized carbons (Fsp3) is 0.571. The van der Waals surface area contributed by atoms with Crippen molar-refractivity contribution in [2.45, 2.75) is 26.3 Å². The topological polar surface area (TPSA) is 36.1 Å². The number of rotatable bonds is 5. The predicted octanol–water partition coefficient (Wildman–Crippen LogP) is 1.76. The number of benzene rings is 1. The van der Waals surface area contributed by atoms with Crippen LogP contribution in [-0.2, 0) is 0 Å². The summed E-state index contributed by atoms with van der Waals surface area (Å²) in [5.74, 6) is 0.629. The first-order valence-corrected chi connectivity index (χ1v) is 6.57. The normalized spacial score (nSPS) is 24.1. The maximum atomic E-state index is 3.51. The van der Waals surface area contributed by atoms with Crippen LogP contribution in [-0.4, -0.2) is 19.6 Å². The van der Waals surface area contributed by atoms with Crippen molar-refractivity contribution >= 4 is 0 Å². The van der Waals surface area contributed by atoms with E-state index in [9.17, 15) is 0 Å². The molecule has 1 heterocycles. The van der Waals surface area contributed by atoms with Crippen molar-refractivity contribution < 1.29 is 0 Å². The van der Waals surface area contributed by atoms with Crippen molar-refractivity contribution in [1.29, 1.82) is 0 Å². The summed E-state index contributed by atoms with van der Waals surface area (Å²) in [6, 6.07) is 9.26. The zero-order chi connectivity index (χ0) is 12.1. The largest absolute Gasteiger partial charge is 0.316 e. The highest BCUT2D eigenvalue weighted by molar-refractivity contribution is 5.25. The van der Waals surface area contributed by atoms with E-state index in [-0.39, 0.29) is 0 Å². The van der Waals surface area contributed by atoms with Gasteiger partial charge in [0.05, 0.1) is 6.04 Å². The molecular weight excluding hydrogens is 210 g/mol. The molecule has 3 N–H and O–H groups in total. The van der Waals surface area contributed by atoms with Gasteiger partial charge in [-0.15, -0.1) is 0 Å². The van der Waals surface area contributed by atoms with E-state index in [1.165, 1.54) is 17.5 Å². The Labute approximate surface area is 104 Å². The van der Waals surface area contributed by atoms with Crippen LogP contribution >= 0.6 is 0 Å². The van der Waals surface area contributed by atoms with Gasteiger partial charge in [-0.1, -0.05) is 36.8 Å². The highest BCUT2D eigenvalue weighted by Gasteiger charge is 2.27. The lowest BCUT2D eigenvalue weighted by Gasteiger charge is -2.19. The molecule has 3 nitrogen and oxygen atoms in total. The average molecular weight is 233 g/mol. The SMILES string of the molecule is CCCNCC1CNNC1c1ccc(C)cc1. The van der Waals surface area contributed by atoms with E-state index in [1.807, 2.05) is 0 Å². The molecule has 0 spiro atoms. The molecule has 2 atom stereocenters. The molecule has 0 radical (unpaired) electrons. The maximum Gasteiger partial charge on any atom is 0.0515 e. The molecule has 1 fully saturated rings. The number of hydrazine groups is 1. The van der Waals surface area contributed by atoms with Crippen molar-refractivity contribution in [2.75, 3.05) is 19.6 Å². The van der Waals surface area contributed by atoms with Gasteiger partial charge in [0, 0.05) is 19.0 Å².